The fraction of sp³-hybridized carbons (Fsp3) is 0.0714. The van der Waals surface area contributed by atoms with Crippen molar-refractivity contribution in [2.45, 2.75) is 6.61 Å². The van der Waals surface area contributed by atoms with Gasteiger partial charge < -0.3 is 9.84 Å². The van der Waals surface area contributed by atoms with E-state index in [0.29, 0.717) is 20.3 Å². The molecule has 0 amide bonds. The lowest BCUT2D eigenvalue weighted by Crippen LogP contribution is -2.01. The number of hydrogen-bond acceptors (Lipinski definition) is 2. The van der Waals surface area contributed by atoms with E-state index in [9.17, 15) is 9.18 Å². The number of rotatable bonds is 4. The summed E-state index contributed by atoms with van der Waals surface area (Å²) in [7, 11) is 0. The second-order valence-corrected chi connectivity index (χ2v) is 6.23. The van der Waals surface area contributed by atoms with Gasteiger partial charge in [0.2, 0.25) is 0 Å². The summed E-state index contributed by atoms with van der Waals surface area (Å²) in [5.74, 6) is -1.12. The second kappa shape index (κ2) is 6.77. The van der Waals surface area contributed by atoms with Gasteiger partial charge in [0, 0.05) is 0 Å². The van der Waals surface area contributed by atoms with Crippen molar-refractivity contribution < 1.29 is 19.0 Å². The van der Waals surface area contributed by atoms with Crippen molar-refractivity contribution in [2.24, 2.45) is 0 Å². The predicted octanol–water partition coefficient (Wildman–Crippen LogP) is 5.28. The molecule has 0 bridgehead atoms. The van der Waals surface area contributed by atoms with E-state index < -0.39 is 11.8 Å². The summed E-state index contributed by atoms with van der Waals surface area (Å²) in [5.41, 5.74) is 0.733. The van der Waals surface area contributed by atoms with Crippen LogP contribution in [0.3, 0.4) is 0 Å². The zero-order chi connectivity index (χ0) is 15.6. The van der Waals surface area contributed by atoms with Crippen molar-refractivity contribution in [3.8, 4) is 5.75 Å². The molecule has 1 N–H and O–H groups in total. The molecular formula is C14H8Br2ClFO3. The Morgan fingerprint density at radius 3 is 2.38 bits per heavy atom. The van der Waals surface area contributed by atoms with Gasteiger partial charge in [-0.1, -0.05) is 17.7 Å². The van der Waals surface area contributed by atoms with Crippen molar-refractivity contribution >= 4 is 49.4 Å². The third kappa shape index (κ3) is 3.96. The molecule has 0 fully saturated rings. The summed E-state index contributed by atoms with van der Waals surface area (Å²) < 4.78 is 19.9. The van der Waals surface area contributed by atoms with Gasteiger partial charge in [0.1, 0.15) is 18.2 Å². The summed E-state index contributed by atoms with van der Waals surface area (Å²) in [5, 5.41) is 9.00. The third-order valence-corrected chi connectivity index (χ3v) is 4.10. The highest BCUT2D eigenvalue weighted by Gasteiger charge is 2.13. The summed E-state index contributed by atoms with van der Waals surface area (Å²) in [6.07, 6.45) is 0. The van der Waals surface area contributed by atoms with Crippen molar-refractivity contribution in [3.63, 3.8) is 0 Å². The molecule has 7 heteroatoms. The van der Waals surface area contributed by atoms with E-state index in [1.165, 1.54) is 24.3 Å². The van der Waals surface area contributed by atoms with E-state index in [0.717, 1.165) is 0 Å². The molecule has 0 atom stereocenters. The first kappa shape index (κ1) is 16.3. The van der Waals surface area contributed by atoms with Gasteiger partial charge in [-0.25, -0.2) is 9.18 Å². The van der Waals surface area contributed by atoms with Gasteiger partial charge in [0.15, 0.2) is 0 Å². The molecule has 110 valence electrons. The van der Waals surface area contributed by atoms with Crippen LogP contribution in [0, 0.1) is 5.82 Å². The Morgan fingerprint density at radius 2 is 1.86 bits per heavy atom. The fourth-order valence-electron chi connectivity index (χ4n) is 1.61. The lowest BCUT2D eigenvalue weighted by molar-refractivity contribution is 0.0696. The Morgan fingerprint density at radius 1 is 1.24 bits per heavy atom. The molecule has 0 radical (unpaired) electrons. The van der Waals surface area contributed by atoms with Crippen LogP contribution < -0.4 is 4.74 Å². The smallest absolute Gasteiger partial charge is 0.335 e. The topological polar surface area (TPSA) is 46.5 Å². The molecule has 21 heavy (non-hydrogen) atoms. The van der Waals surface area contributed by atoms with E-state index in [-0.39, 0.29) is 17.2 Å². The van der Waals surface area contributed by atoms with Gasteiger partial charge in [-0.3, -0.25) is 0 Å². The molecule has 3 nitrogen and oxygen atoms in total. The first-order valence-corrected chi connectivity index (χ1v) is 7.64. The molecule has 0 aliphatic rings. The maximum atomic E-state index is 13.3. The van der Waals surface area contributed by atoms with Gasteiger partial charge in [0.25, 0.3) is 0 Å². The maximum Gasteiger partial charge on any atom is 0.335 e. The van der Waals surface area contributed by atoms with Crippen LogP contribution in [0.4, 0.5) is 4.39 Å². The minimum atomic E-state index is -1.04. The highest BCUT2D eigenvalue weighted by atomic mass is 79.9. The normalized spacial score (nSPS) is 10.5. The predicted molar refractivity (Wildman–Crippen MR) is 84.5 cm³/mol. The highest BCUT2D eigenvalue weighted by molar-refractivity contribution is 9.11. The van der Waals surface area contributed by atoms with Crippen molar-refractivity contribution in [1.82, 2.24) is 0 Å². The molecule has 0 spiro atoms. The highest BCUT2D eigenvalue weighted by Crippen LogP contribution is 2.35. The molecule has 0 heterocycles. The van der Waals surface area contributed by atoms with Crippen molar-refractivity contribution in [2.75, 3.05) is 0 Å². The standard InChI is InChI=1S/C14H8Br2ClFO3/c15-9-4-8(14(19)20)5-10(16)13(9)21-6-7-1-2-11(17)12(18)3-7/h1-5H,6H2,(H,19,20). The first-order chi connectivity index (χ1) is 9.88. The second-order valence-electron chi connectivity index (χ2n) is 4.11. The number of halogens is 4. The lowest BCUT2D eigenvalue weighted by atomic mass is 10.2. The number of carboxylic acid groups (broad SMARTS) is 1. The Labute approximate surface area is 141 Å². The molecule has 2 aromatic carbocycles. The van der Waals surface area contributed by atoms with Crippen molar-refractivity contribution in [1.29, 1.82) is 0 Å². The summed E-state index contributed by atoms with van der Waals surface area (Å²) in [6.45, 7) is 0.123. The van der Waals surface area contributed by atoms with E-state index in [4.69, 9.17) is 21.4 Å². The van der Waals surface area contributed by atoms with Gasteiger partial charge in [-0.15, -0.1) is 0 Å². The molecule has 0 aromatic heterocycles. The van der Waals surface area contributed by atoms with E-state index >= 15 is 0 Å². The largest absolute Gasteiger partial charge is 0.487 e. The fourth-order valence-corrected chi connectivity index (χ4v) is 3.14. The molecule has 0 saturated carbocycles. The van der Waals surface area contributed by atoms with Crippen LogP contribution in [0.5, 0.6) is 5.75 Å². The minimum absolute atomic E-state index is 0.0481. The average Bonchev–Trinajstić information content (AvgIpc) is 2.41. The quantitative estimate of drug-likeness (QED) is 0.707. The first-order valence-electron chi connectivity index (χ1n) is 5.67. The Bertz CT molecular complexity index is 684. The van der Waals surface area contributed by atoms with Gasteiger partial charge in [-0.05, 0) is 61.7 Å². The van der Waals surface area contributed by atoms with Crippen LogP contribution in [0.15, 0.2) is 39.3 Å². The van der Waals surface area contributed by atoms with Crippen LogP contribution in [-0.4, -0.2) is 11.1 Å². The third-order valence-electron chi connectivity index (χ3n) is 2.61. The zero-order valence-corrected chi connectivity index (χ0v) is 14.3. The number of aromatic carboxylic acids is 1. The van der Waals surface area contributed by atoms with Crippen LogP contribution in [-0.2, 0) is 6.61 Å². The molecular weight excluding hydrogens is 430 g/mol. The van der Waals surface area contributed by atoms with E-state index in [1.807, 2.05) is 0 Å². The monoisotopic (exact) mass is 436 g/mol. The van der Waals surface area contributed by atoms with Gasteiger partial charge in [-0.2, -0.15) is 0 Å². The Hall–Kier alpha value is -1.11. The molecule has 0 aliphatic carbocycles. The van der Waals surface area contributed by atoms with Gasteiger partial charge in [0.05, 0.1) is 19.5 Å². The van der Waals surface area contributed by atoms with E-state index in [1.54, 1.807) is 6.07 Å². The summed E-state index contributed by atoms with van der Waals surface area (Å²) in [6, 6.07) is 7.26. The molecule has 2 aromatic rings. The van der Waals surface area contributed by atoms with Crippen LogP contribution >= 0.6 is 43.5 Å². The Balaban J connectivity index is 2.20. The van der Waals surface area contributed by atoms with Crippen LogP contribution in [0.1, 0.15) is 15.9 Å². The number of carboxylic acids is 1. The SMILES string of the molecule is O=C(O)c1cc(Br)c(OCc2ccc(Cl)c(F)c2)c(Br)c1. The number of carbonyl (C=O) groups is 1. The summed E-state index contributed by atoms with van der Waals surface area (Å²) >= 11 is 12.1. The van der Waals surface area contributed by atoms with Crippen LogP contribution in [0.2, 0.25) is 5.02 Å². The van der Waals surface area contributed by atoms with Crippen molar-refractivity contribution in [3.05, 3.63) is 61.2 Å². The molecule has 0 unspecified atom stereocenters. The molecule has 0 aliphatic heterocycles. The molecule has 0 saturated heterocycles. The average molecular weight is 438 g/mol. The van der Waals surface area contributed by atoms with E-state index in [2.05, 4.69) is 31.9 Å². The molecule has 2 rings (SSSR count). The Kier molecular flexibility index (Phi) is 5.24. The number of ether oxygens (including phenoxy) is 1. The maximum absolute atomic E-state index is 13.3. The lowest BCUT2D eigenvalue weighted by Gasteiger charge is -2.11. The van der Waals surface area contributed by atoms with Gasteiger partial charge >= 0.3 is 5.97 Å². The van der Waals surface area contributed by atoms with Crippen LogP contribution in [0.25, 0.3) is 0 Å². The summed E-state index contributed by atoms with van der Waals surface area (Å²) in [4.78, 5) is 10.9. The number of hydrogen-bond donors (Lipinski definition) is 1. The number of benzene rings is 2. The minimum Gasteiger partial charge on any atom is -0.487 e. The zero-order valence-electron chi connectivity index (χ0n) is 10.4.